The second-order valence-electron chi connectivity index (χ2n) is 3.34. The second kappa shape index (κ2) is 9.78. The van der Waals surface area contributed by atoms with Gasteiger partial charge in [-0.15, -0.1) is 0 Å². The van der Waals surface area contributed by atoms with Crippen LogP contribution in [0.2, 0.25) is 0 Å². The summed E-state index contributed by atoms with van der Waals surface area (Å²) in [6.45, 7) is 1.20. The third-order valence-electron chi connectivity index (χ3n) is 2.23. The van der Waals surface area contributed by atoms with Crippen molar-refractivity contribution in [3.63, 3.8) is 0 Å². The quantitative estimate of drug-likeness (QED) is 0.400. The smallest absolute Gasteiger partial charge is 0.545 e. The van der Waals surface area contributed by atoms with Crippen molar-refractivity contribution in [1.29, 1.82) is 0 Å². The zero-order valence-electron chi connectivity index (χ0n) is 10.7. The van der Waals surface area contributed by atoms with Gasteiger partial charge in [0.1, 0.15) is 0 Å². The van der Waals surface area contributed by atoms with Crippen LogP contribution in [0.5, 0.6) is 0 Å². The van der Waals surface area contributed by atoms with E-state index in [4.69, 9.17) is 0 Å². The van der Waals surface area contributed by atoms with Gasteiger partial charge in [-0.2, -0.15) is 0 Å². The minimum absolute atomic E-state index is 0. The number of hydrogen-bond acceptors (Lipinski definition) is 4. The number of carbonyl (C=O) groups is 2. The Bertz CT molecular complexity index is 441. The molecule has 84 valence electrons. The molecule has 0 bridgehead atoms. The standard InChI is InChI=1S/C12H12O4.2Na/c1-8(11(13)14)10(12(15)16)7-9-5-3-2-4-6-9;;/h2-6H,7H2,1H3,(H,13,14)(H,15,16);;/q;2*+1/p-2/b10-8-;;. The van der Waals surface area contributed by atoms with Gasteiger partial charge in [0.25, 0.3) is 0 Å². The number of rotatable bonds is 4. The molecule has 4 nitrogen and oxygen atoms in total. The summed E-state index contributed by atoms with van der Waals surface area (Å²) in [6, 6.07) is 8.71. The Kier molecular flexibility index (Phi) is 11.0. The summed E-state index contributed by atoms with van der Waals surface area (Å²) in [5.74, 6) is -2.97. The Hall–Kier alpha value is -0.1000. The first-order valence-electron chi connectivity index (χ1n) is 4.68. The summed E-state index contributed by atoms with van der Waals surface area (Å²) in [7, 11) is 0. The molecule has 1 aromatic rings. The van der Waals surface area contributed by atoms with Crippen molar-refractivity contribution in [2.24, 2.45) is 0 Å². The van der Waals surface area contributed by atoms with Crippen molar-refractivity contribution in [3.05, 3.63) is 47.0 Å². The van der Waals surface area contributed by atoms with E-state index in [9.17, 15) is 19.8 Å². The molecule has 0 aliphatic carbocycles. The average Bonchev–Trinajstić information content (AvgIpc) is 2.26. The fourth-order valence-corrected chi connectivity index (χ4v) is 1.28. The van der Waals surface area contributed by atoms with E-state index in [-0.39, 0.29) is 76.7 Å². The molecule has 0 heterocycles. The molecule has 0 atom stereocenters. The fourth-order valence-electron chi connectivity index (χ4n) is 1.28. The maximum atomic E-state index is 10.8. The van der Waals surface area contributed by atoms with Gasteiger partial charge >= 0.3 is 59.1 Å². The minimum atomic E-state index is -1.49. The van der Waals surface area contributed by atoms with Crippen LogP contribution in [0.3, 0.4) is 0 Å². The van der Waals surface area contributed by atoms with Gasteiger partial charge in [-0.3, -0.25) is 0 Å². The molecule has 0 N–H and O–H groups in total. The van der Waals surface area contributed by atoms with E-state index in [1.807, 2.05) is 0 Å². The first kappa shape index (κ1) is 20.2. The molecule has 0 saturated heterocycles. The number of carboxylic acids is 2. The van der Waals surface area contributed by atoms with Crippen LogP contribution in [0.25, 0.3) is 0 Å². The number of aliphatic carboxylic acids is 2. The van der Waals surface area contributed by atoms with E-state index < -0.39 is 11.9 Å². The van der Waals surface area contributed by atoms with E-state index in [1.165, 1.54) is 6.92 Å². The van der Waals surface area contributed by atoms with Gasteiger partial charge in [0.15, 0.2) is 0 Å². The molecular formula is C12H10Na2O4. The normalized spacial score (nSPS) is 10.5. The Morgan fingerprint density at radius 2 is 1.50 bits per heavy atom. The van der Waals surface area contributed by atoms with Gasteiger partial charge < -0.3 is 19.8 Å². The van der Waals surface area contributed by atoms with Crippen molar-refractivity contribution >= 4 is 11.9 Å². The van der Waals surface area contributed by atoms with E-state index in [1.54, 1.807) is 30.3 Å². The van der Waals surface area contributed by atoms with E-state index in [0.29, 0.717) is 5.56 Å². The molecule has 0 fully saturated rings. The van der Waals surface area contributed by atoms with Crippen LogP contribution in [-0.4, -0.2) is 11.9 Å². The SMILES string of the molecule is C/C(C(=O)[O-])=C(\Cc1ccccc1)C(=O)[O-].[Na+].[Na+]. The number of benzene rings is 1. The Balaban J connectivity index is 0. The number of carbonyl (C=O) groups excluding carboxylic acids is 2. The summed E-state index contributed by atoms with van der Waals surface area (Å²) < 4.78 is 0. The van der Waals surface area contributed by atoms with Crippen LogP contribution >= 0.6 is 0 Å². The van der Waals surface area contributed by atoms with Gasteiger partial charge in [0.2, 0.25) is 0 Å². The van der Waals surface area contributed by atoms with Gasteiger partial charge in [-0.05, 0) is 30.1 Å². The molecule has 0 aromatic heterocycles. The Labute approximate surface area is 150 Å². The summed E-state index contributed by atoms with van der Waals surface area (Å²) in [4.78, 5) is 21.4. The van der Waals surface area contributed by atoms with Crippen molar-refractivity contribution in [3.8, 4) is 0 Å². The molecular weight excluding hydrogens is 254 g/mol. The van der Waals surface area contributed by atoms with Gasteiger partial charge in [-0.25, -0.2) is 0 Å². The van der Waals surface area contributed by atoms with Crippen molar-refractivity contribution < 1.29 is 78.9 Å². The van der Waals surface area contributed by atoms with Crippen molar-refractivity contribution in [1.82, 2.24) is 0 Å². The summed E-state index contributed by atoms with van der Waals surface area (Å²) in [6.07, 6.45) is 0.0169. The summed E-state index contributed by atoms with van der Waals surface area (Å²) in [5, 5.41) is 21.4. The van der Waals surface area contributed by atoms with E-state index >= 15 is 0 Å². The maximum absolute atomic E-state index is 10.8. The summed E-state index contributed by atoms with van der Waals surface area (Å²) in [5.41, 5.74) is 0.150. The second-order valence-corrected chi connectivity index (χ2v) is 3.34. The molecule has 18 heavy (non-hydrogen) atoms. The van der Waals surface area contributed by atoms with Gasteiger partial charge in [0, 0.05) is 0 Å². The Morgan fingerprint density at radius 3 is 1.89 bits per heavy atom. The fraction of sp³-hybridized carbons (Fsp3) is 0.167. The van der Waals surface area contributed by atoms with Crippen molar-refractivity contribution in [2.75, 3.05) is 0 Å². The summed E-state index contributed by atoms with van der Waals surface area (Å²) >= 11 is 0. The molecule has 1 aromatic carbocycles. The molecule has 0 aliphatic heterocycles. The van der Waals surface area contributed by atoms with E-state index in [2.05, 4.69) is 0 Å². The van der Waals surface area contributed by atoms with E-state index in [0.717, 1.165) is 0 Å². The largest absolute Gasteiger partial charge is 1.00 e. The minimum Gasteiger partial charge on any atom is -0.545 e. The van der Waals surface area contributed by atoms with Crippen LogP contribution < -0.4 is 69.3 Å². The molecule has 0 saturated carbocycles. The third-order valence-corrected chi connectivity index (χ3v) is 2.23. The number of carboxylic acid groups (broad SMARTS) is 2. The molecule has 1 rings (SSSR count). The third kappa shape index (κ3) is 6.18. The van der Waals surface area contributed by atoms with Crippen LogP contribution in [0, 0.1) is 0 Å². The zero-order valence-corrected chi connectivity index (χ0v) is 14.7. The monoisotopic (exact) mass is 264 g/mol. The van der Waals surface area contributed by atoms with Crippen LogP contribution in [-0.2, 0) is 16.0 Å². The average molecular weight is 264 g/mol. The predicted octanol–water partition coefficient (Wildman–Crippen LogP) is -6.95. The molecule has 0 amide bonds. The van der Waals surface area contributed by atoms with Gasteiger partial charge in [-0.1, -0.05) is 30.3 Å². The van der Waals surface area contributed by atoms with Crippen LogP contribution in [0.4, 0.5) is 0 Å². The van der Waals surface area contributed by atoms with Crippen LogP contribution in [0.15, 0.2) is 41.5 Å². The molecule has 0 unspecified atom stereocenters. The van der Waals surface area contributed by atoms with Crippen LogP contribution in [0.1, 0.15) is 12.5 Å². The topological polar surface area (TPSA) is 80.3 Å². The molecule has 0 aliphatic rings. The molecule has 6 heteroatoms. The first-order chi connectivity index (χ1) is 7.52. The zero-order chi connectivity index (χ0) is 12.1. The number of hydrogen-bond donors (Lipinski definition) is 0. The maximum Gasteiger partial charge on any atom is 1.00 e. The predicted molar refractivity (Wildman–Crippen MR) is 52.9 cm³/mol. The van der Waals surface area contributed by atoms with Crippen molar-refractivity contribution in [2.45, 2.75) is 13.3 Å². The van der Waals surface area contributed by atoms with Gasteiger partial charge in [0.05, 0.1) is 11.9 Å². The molecule has 0 spiro atoms. The molecule has 0 radical (unpaired) electrons. The Morgan fingerprint density at radius 1 is 1.00 bits per heavy atom. The first-order valence-corrected chi connectivity index (χ1v) is 4.68.